The van der Waals surface area contributed by atoms with Gasteiger partial charge in [-0.05, 0) is 48.2 Å². The third kappa shape index (κ3) is 5.84. The minimum absolute atomic E-state index is 0.0850. The van der Waals surface area contributed by atoms with E-state index in [1.807, 2.05) is 30.3 Å². The summed E-state index contributed by atoms with van der Waals surface area (Å²) >= 11 is 7.17. The summed E-state index contributed by atoms with van der Waals surface area (Å²) in [7, 11) is 0. The molecule has 0 aliphatic heterocycles. The van der Waals surface area contributed by atoms with Gasteiger partial charge in [-0.2, -0.15) is 0 Å². The monoisotopic (exact) mass is 427 g/mol. The van der Waals surface area contributed by atoms with Crippen LogP contribution in [-0.2, 0) is 10.5 Å². The molecule has 1 atom stereocenters. The highest BCUT2D eigenvalue weighted by Crippen LogP contribution is 2.26. The number of hydrogen-bond donors (Lipinski definition) is 1. The number of aryl methyl sites for hydroxylation is 2. The van der Waals surface area contributed by atoms with Crippen molar-refractivity contribution >= 4 is 29.3 Å². The molecule has 0 spiro atoms. The van der Waals surface area contributed by atoms with Gasteiger partial charge in [0.2, 0.25) is 5.91 Å². The average Bonchev–Trinajstić information content (AvgIpc) is 2.69. The Morgan fingerprint density at radius 3 is 2.52 bits per heavy atom. The van der Waals surface area contributed by atoms with Gasteiger partial charge < -0.3 is 5.32 Å². The van der Waals surface area contributed by atoms with Gasteiger partial charge in [0.1, 0.15) is 5.82 Å². The third-order valence-electron chi connectivity index (χ3n) is 4.68. The molecule has 5 heteroatoms. The summed E-state index contributed by atoms with van der Waals surface area (Å²) in [5.41, 5.74) is 4.96. The summed E-state index contributed by atoms with van der Waals surface area (Å²) in [4.78, 5) is 12.7. The number of carbonyl (C=O) groups excluding carboxylic acids is 1. The molecule has 0 radical (unpaired) electrons. The standard InChI is InChI=1S/C24H23ClFNOS/c1-16-8-11-21(17(2)12-16)24(18-6-4-3-5-7-18)27-23(28)15-29-14-19-9-10-20(25)13-22(19)26/h3-13,24H,14-15H2,1-2H3,(H,27,28)/t24-/m1/s1. The normalized spacial score (nSPS) is 11.9. The summed E-state index contributed by atoms with van der Waals surface area (Å²) in [6.45, 7) is 4.11. The molecule has 150 valence electrons. The summed E-state index contributed by atoms with van der Waals surface area (Å²) in [6, 6.07) is 20.6. The summed E-state index contributed by atoms with van der Waals surface area (Å²) < 4.78 is 13.9. The maximum absolute atomic E-state index is 13.9. The molecule has 2 nitrogen and oxygen atoms in total. The van der Waals surface area contributed by atoms with Crippen molar-refractivity contribution in [3.05, 3.63) is 105 Å². The van der Waals surface area contributed by atoms with Crippen molar-refractivity contribution in [1.29, 1.82) is 0 Å². The molecule has 0 saturated heterocycles. The Bertz CT molecular complexity index is 993. The molecule has 0 fully saturated rings. The molecule has 1 amide bonds. The van der Waals surface area contributed by atoms with E-state index in [0.29, 0.717) is 16.3 Å². The number of nitrogens with one attached hydrogen (secondary N) is 1. The van der Waals surface area contributed by atoms with E-state index in [9.17, 15) is 9.18 Å². The zero-order valence-corrected chi connectivity index (χ0v) is 18.0. The lowest BCUT2D eigenvalue weighted by molar-refractivity contribution is -0.119. The van der Waals surface area contributed by atoms with Gasteiger partial charge in [0.25, 0.3) is 0 Å². The molecular formula is C24H23ClFNOS. The molecular weight excluding hydrogens is 405 g/mol. The average molecular weight is 428 g/mol. The van der Waals surface area contributed by atoms with Crippen molar-refractivity contribution in [2.45, 2.75) is 25.6 Å². The molecule has 0 aliphatic carbocycles. The Morgan fingerprint density at radius 2 is 1.83 bits per heavy atom. The van der Waals surface area contributed by atoms with Crippen LogP contribution >= 0.6 is 23.4 Å². The Kier molecular flexibility index (Phi) is 7.34. The number of carbonyl (C=O) groups is 1. The smallest absolute Gasteiger partial charge is 0.230 e. The summed E-state index contributed by atoms with van der Waals surface area (Å²) in [5.74, 6) is 0.229. The van der Waals surface area contributed by atoms with E-state index in [-0.39, 0.29) is 23.5 Å². The number of benzene rings is 3. The molecule has 1 N–H and O–H groups in total. The molecule has 3 aromatic carbocycles. The number of hydrogen-bond acceptors (Lipinski definition) is 2. The number of thioether (sulfide) groups is 1. The lowest BCUT2D eigenvalue weighted by atomic mass is 9.94. The number of amides is 1. The Hall–Kier alpha value is -2.30. The first-order valence-corrected chi connectivity index (χ1v) is 10.9. The van der Waals surface area contributed by atoms with Gasteiger partial charge in [-0.3, -0.25) is 4.79 Å². The Labute approximate surface area is 180 Å². The van der Waals surface area contributed by atoms with E-state index in [1.165, 1.54) is 23.4 Å². The van der Waals surface area contributed by atoms with E-state index in [4.69, 9.17) is 11.6 Å². The van der Waals surface area contributed by atoms with E-state index < -0.39 is 0 Å². The van der Waals surface area contributed by atoms with Crippen LogP contribution in [0.2, 0.25) is 5.02 Å². The predicted molar refractivity (Wildman–Crippen MR) is 120 cm³/mol. The SMILES string of the molecule is Cc1ccc([C@H](NC(=O)CSCc2ccc(Cl)cc2F)c2ccccc2)c(C)c1. The van der Waals surface area contributed by atoms with Crippen LogP contribution in [0.5, 0.6) is 0 Å². The molecule has 3 aromatic rings. The first kappa shape index (κ1) is 21.4. The molecule has 3 rings (SSSR count). The lowest BCUT2D eigenvalue weighted by Crippen LogP contribution is -2.31. The van der Waals surface area contributed by atoms with Crippen LogP contribution in [0.15, 0.2) is 66.7 Å². The summed E-state index contributed by atoms with van der Waals surface area (Å²) in [5, 5.41) is 3.51. The maximum Gasteiger partial charge on any atom is 0.230 e. The molecule has 0 bridgehead atoms. The van der Waals surface area contributed by atoms with Crippen LogP contribution < -0.4 is 5.32 Å². The Morgan fingerprint density at radius 1 is 1.07 bits per heavy atom. The molecule has 0 heterocycles. The van der Waals surface area contributed by atoms with Crippen LogP contribution in [0.4, 0.5) is 4.39 Å². The highest BCUT2D eigenvalue weighted by atomic mass is 35.5. The van der Waals surface area contributed by atoms with Gasteiger partial charge in [0.15, 0.2) is 0 Å². The quantitative estimate of drug-likeness (QED) is 0.483. The highest BCUT2D eigenvalue weighted by Gasteiger charge is 2.18. The topological polar surface area (TPSA) is 29.1 Å². The molecule has 29 heavy (non-hydrogen) atoms. The number of halogens is 2. The van der Waals surface area contributed by atoms with Gasteiger partial charge in [0, 0.05) is 10.8 Å². The molecule has 0 aliphatic rings. The van der Waals surface area contributed by atoms with Crippen LogP contribution in [0.25, 0.3) is 0 Å². The van der Waals surface area contributed by atoms with Gasteiger partial charge in [0.05, 0.1) is 11.8 Å². The second-order valence-electron chi connectivity index (χ2n) is 7.00. The van der Waals surface area contributed by atoms with E-state index in [2.05, 4.69) is 37.4 Å². The van der Waals surface area contributed by atoms with Crippen molar-refractivity contribution in [3.63, 3.8) is 0 Å². The van der Waals surface area contributed by atoms with E-state index in [0.717, 1.165) is 16.7 Å². The van der Waals surface area contributed by atoms with E-state index >= 15 is 0 Å². The first-order chi connectivity index (χ1) is 13.9. The van der Waals surface area contributed by atoms with E-state index in [1.54, 1.807) is 12.1 Å². The van der Waals surface area contributed by atoms with Gasteiger partial charge in [-0.25, -0.2) is 4.39 Å². The zero-order valence-electron chi connectivity index (χ0n) is 16.4. The minimum Gasteiger partial charge on any atom is -0.344 e. The van der Waals surface area contributed by atoms with Crippen molar-refractivity contribution < 1.29 is 9.18 Å². The lowest BCUT2D eigenvalue weighted by Gasteiger charge is -2.22. The van der Waals surface area contributed by atoms with Crippen LogP contribution in [0.1, 0.15) is 33.9 Å². The zero-order chi connectivity index (χ0) is 20.8. The minimum atomic E-state index is -0.345. The van der Waals surface area contributed by atoms with Gasteiger partial charge >= 0.3 is 0 Å². The largest absolute Gasteiger partial charge is 0.344 e. The van der Waals surface area contributed by atoms with Crippen LogP contribution in [0.3, 0.4) is 0 Å². The first-order valence-electron chi connectivity index (χ1n) is 9.37. The summed E-state index contributed by atoms with van der Waals surface area (Å²) in [6.07, 6.45) is 0. The fourth-order valence-corrected chi connectivity index (χ4v) is 4.21. The second-order valence-corrected chi connectivity index (χ2v) is 8.42. The fraction of sp³-hybridized carbons (Fsp3) is 0.208. The highest BCUT2D eigenvalue weighted by molar-refractivity contribution is 7.99. The van der Waals surface area contributed by atoms with Crippen molar-refractivity contribution in [1.82, 2.24) is 5.32 Å². The fourth-order valence-electron chi connectivity index (χ4n) is 3.23. The third-order valence-corrected chi connectivity index (χ3v) is 5.90. The van der Waals surface area contributed by atoms with Crippen molar-refractivity contribution in [2.75, 3.05) is 5.75 Å². The Balaban J connectivity index is 1.70. The molecule has 0 aromatic heterocycles. The van der Waals surface area contributed by atoms with Crippen molar-refractivity contribution in [3.8, 4) is 0 Å². The maximum atomic E-state index is 13.9. The second kappa shape index (κ2) is 9.95. The van der Waals surface area contributed by atoms with Gasteiger partial charge in [-0.1, -0.05) is 71.8 Å². The molecule has 0 saturated carbocycles. The van der Waals surface area contributed by atoms with Crippen LogP contribution in [0, 0.1) is 19.7 Å². The van der Waals surface area contributed by atoms with Crippen LogP contribution in [-0.4, -0.2) is 11.7 Å². The van der Waals surface area contributed by atoms with Gasteiger partial charge in [-0.15, -0.1) is 11.8 Å². The molecule has 0 unspecified atom stereocenters. The number of rotatable bonds is 7. The van der Waals surface area contributed by atoms with Crippen molar-refractivity contribution in [2.24, 2.45) is 0 Å². The predicted octanol–water partition coefficient (Wildman–Crippen LogP) is 6.23.